The number of anilines is 3. The first-order valence-electron chi connectivity index (χ1n) is 7.92. The molecule has 2 aromatic carbocycles. The third-order valence-electron chi connectivity index (χ3n) is 3.64. The minimum atomic E-state index is -3.77. The Hall–Kier alpha value is -2.57. The van der Waals surface area contributed by atoms with Gasteiger partial charge in [-0.15, -0.1) is 0 Å². The van der Waals surface area contributed by atoms with Gasteiger partial charge in [-0.25, -0.2) is 13.4 Å². The van der Waals surface area contributed by atoms with Gasteiger partial charge in [0.2, 0.25) is 0 Å². The van der Waals surface area contributed by atoms with Gasteiger partial charge in [0.05, 0.1) is 16.9 Å². The van der Waals surface area contributed by atoms with Crippen LogP contribution in [0.25, 0.3) is 0 Å². The van der Waals surface area contributed by atoms with Crippen molar-refractivity contribution in [3.05, 3.63) is 76.9 Å². The van der Waals surface area contributed by atoms with Crippen LogP contribution in [0.4, 0.5) is 17.2 Å². The molecule has 0 aliphatic heterocycles. The zero-order valence-electron chi connectivity index (χ0n) is 14.3. The van der Waals surface area contributed by atoms with Gasteiger partial charge in [0.25, 0.3) is 10.0 Å². The zero-order valence-corrected chi connectivity index (χ0v) is 15.9. The fourth-order valence-electron chi connectivity index (χ4n) is 2.60. The molecule has 0 spiro atoms. The lowest BCUT2D eigenvalue weighted by Crippen LogP contribution is -2.13. The molecule has 2 N–H and O–H groups in total. The first kappa shape index (κ1) is 18.2. The first-order valence-corrected chi connectivity index (χ1v) is 9.78. The van der Waals surface area contributed by atoms with Crippen molar-refractivity contribution in [2.24, 2.45) is 0 Å². The summed E-state index contributed by atoms with van der Waals surface area (Å²) in [6.45, 7) is 4.05. The van der Waals surface area contributed by atoms with E-state index in [4.69, 9.17) is 11.6 Å². The summed E-state index contributed by atoms with van der Waals surface area (Å²) in [5, 5.41) is 3.37. The predicted octanol–water partition coefficient (Wildman–Crippen LogP) is 4.90. The number of nitrogens with zero attached hydrogens (tertiary/aromatic N) is 1. The van der Waals surface area contributed by atoms with Crippen molar-refractivity contribution >= 4 is 38.8 Å². The average Bonchev–Trinajstić information content (AvgIpc) is 2.56. The molecular formula is C19H18ClN3O2S. The second kappa shape index (κ2) is 7.35. The number of nitrogens with one attached hydrogen (secondary N) is 2. The van der Waals surface area contributed by atoms with E-state index in [2.05, 4.69) is 21.1 Å². The number of hydrogen-bond acceptors (Lipinski definition) is 4. The normalized spacial score (nSPS) is 11.2. The SMILES string of the molecule is Cc1cc(C)cc(Nc2ccc(NS(=O)(=O)c3ccccc3Cl)cn2)c1. The second-order valence-electron chi connectivity index (χ2n) is 5.97. The highest BCUT2D eigenvalue weighted by Gasteiger charge is 2.17. The third-order valence-corrected chi connectivity index (χ3v) is 5.52. The summed E-state index contributed by atoms with van der Waals surface area (Å²) >= 11 is 5.97. The van der Waals surface area contributed by atoms with Gasteiger partial charge < -0.3 is 5.32 Å². The molecule has 1 aromatic heterocycles. The van der Waals surface area contributed by atoms with Gasteiger partial charge in [-0.05, 0) is 61.4 Å². The van der Waals surface area contributed by atoms with Crippen LogP contribution in [0.5, 0.6) is 0 Å². The highest BCUT2D eigenvalue weighted by atomic mass is 35.5. The maximum Gasteiger partial charge on any atom is 0.263 e. The molecule has 0 atom stereocenters. The molecule has 1 heterocycles. The smallest absolute Gasteiger partial charge is 0.263 e. The Kier molecular flexibility index (Phi) is 5.15. The van der Waals surface area contributed by atoms with Crippen molar-refractivity contribution < 1.29 is 8.42 Å². The van der Waals surface area contributed by atoms with E-state index in [0.29, 0.717) is 11.5 Å². The number of aryl methyl sites for hydroxylation is 2. The van der Waals surface area contributed by atoms with Gasteiger partial charge in [0.15, 0.2) is 0 Å². The van der Waals surface area contributed by atoms with E-state index in [1.54, 1.807) is 24.3 Å². The maximum absolute atomic E-state index is 12.4. The molecule has 0 bridgehead atoms. The molecule has 0 radical (unpaired) electrons. The van der Waals surface area contributed by atoms with Gasteiger partial charge in [0, 0.05) is 5.69 Å². The minimum Gasteiger partial charge on any atom is -0.340 e. The summed E-state index contributed by atoms with van der Waals surface area (Å²) in [4.78, 5) is 4.29. The summed E-state index contributed by atoms with van der Waals surface area (Å²) in [6.07, 6.45) is 1.46. The highest BCUT2D eigenvalue weighted by Crippen LogP contribution is 2.24. The van der Waals surface area contributed by atoms with Gasteiger partial charge in [0.1, 0.15) is 10.7 Å². The molecule has 0 aliphatic carbocycles. The molecule has 3 aromatic rings. The molecule has 3 rings (SSSR count). The molecule has 26 heavy (non-hydrogen) atoms. The van der Waals surface area contributed by atoms with E-state index in [0.717, 1.165) is 16.8 Å². The Morgan fingerprint density at radius 3 is 2.23 bits per heavy atom. The standard InChI is InChI=1S/C19H18ClN3O2S/c1-13-9-14(2)11-16(10-13)22-19-8-7-15(12-21-19)23-26(24,25)18-6-4-3-5-17(18)20/h3-12,23H,1-2H3,(H,21,22). The quantitative estimate of drug-likeness (QED) is 0.653. The highest BCUT2D eigenvalue weighted by molar-refractivity contribution is 7.92. The van der Waals surface area contributed by atoms with Crippen LogP contribution in [0.15, 0.2) is 65.7 Å². The number of rotatable bonds is 5. The van der Waals surface area contributed by atoms with Crippen LogP contribution in [0.1, 0.15) is 11.1 Å². The molecule has 0 saturated carbocycles. The topological polar surface area (TPSA) is 71.1 Å². The van der Waals surface area contributed by atoms with Crippen LogP contribution < -0.4 is 10.0 Å². The van der Waals surface area contributed by atoms with Crippen LogP contribution in [0, 0.1) is 13.8 Å². The summed E-state index contributed by atoms with van der Waals surface area (Å²) in [5.41, 5.74) is 3.59. The molecule has 7 heteroatoms. The number of sulfonamides is 1. The Balaban J connectivity index is 1.76. The molecular weight excluding hydrogens is 370 g/mol. The van der Waals surface area contributed by atoms with Crippen molar-refractivity contribution in [3.8, 4) is 0 Å². The molecule has 0 aliphatic rings. The van der Waals surface area contributed by atoms with E-state index in [1.165, 1.54) is 18.3 Å². The fourth-order valence-corrected chi connectivity index (χ4v) is 4.16. The lowest BCUT2D eigenvalue weighted by Gasteiger charge is -2.11. The van der Waals surface area contributed by atoms with Crippen LogP contribution in [0.3, 0.4) is 0 Å². The van der Waals surface area contributed by atoms with E-state index in [1.807, 2.05) is 26.0 Å². The second-order valence-corrected chi connectivity index (χ2v) is 8.03. The third kappa shape index (κ3) is 4.33. The van der Waals surface area contributed by atoms with Crippen LogP contribution in [-0.4, -0.2) is 13.4 Å². The number of hydrogen-bond donors (Lipinski definition) is 2. The maximum atomic E-state index is 12.4. The number of aromatic nitrogens is 1. The average molecular weight is 388 g/mol. The van der Waals surface area contributed by atoms with Gasteiger partial charge in [-0.1, -0.05) is 29.8 Å². The molecule has 134 valence electrons. The van der Waals surface area contributed by atoms with Gasteiger partial charge in [-0.3, -0.25) is 4.72 Å². The number of benzene rings is 2. The summed E-state index contributed by atoms with van der Waals surface area (Å²) < 4.78 is 27.4. The Morgan fingerprint density at radius 1 is 0.923 bits per heavy atom. The molecule has 0 amide bonds. The van der Waals surface area contributed by atoms with Crippen molar-refractivity contribution in [2.45, 2.75) is 18.7 Å². The van der Waals surface area contributed by atoms with Crippen molar-refractivity contribution in [2.75, 3.05) is 10.0 Å². The summed E-state index contributed by atoms with van der Waals surface area (Å²) in [5.74, 6) is 0.621. The van der Waals surface area contributed by atoms with Crippen LogP contribution >= 0.6 is 11.6 Å². The predicted molar refractivity (Wildman–Crippen MR) is 106 cm³/mol. The van der Waals surface area contributed by atoms with Gasteiger partial charge in [-0.2, -0.15) is 0 Å². The Bertz CT molecular complexity index is 1010. The van der Waals surface area contributed by atoms with Gasteiger partial charge >= 0.3 is 0 Å². The zero-order chi connectivity index (χ0) is 18.7. The van der Waals surface area contributed by atoms with Crippen molar-refractivity contribution in [3.63, 3.8) is 0 Å². The van der Waals surface area contributed by atoms with Crippen LogP contribution in [-0.2, 0) is 10.0 Å². The van der Waals surface area contributed by atoms with Crippen LogP contribution in [0.2, 0.25) is 5.02 Å². The molecule has 0 unspecified atom stereocenters. The van der Waals surface area contributed by atoms with E-state index in [9.17, 15) is 8.42 Å². The molecule has 0 saturated heterocycles. The Labute approximate surface area is 158 Å². The molecule has 5 nitrogen and oxygen atoms in total. The fraction of sp³-hybridized carbons (Fsp3) is 0.105. The monoisotopic (exact) mass is 387 g/mol. The van der Waals surface area contributed by atoms with E-state index >= 15 is 0 Å². The summed E-state index contributed by atoms with van der Waals surface area (Å²) in [7, 11) is -3.77. The number of halogens is 1. The lowest BCUT2D eigenvalue weighted by molar-refractivity contribution is 0.601. The Morgan fingerprint density at radius 2 is 1.62 bits per heavy atom. The van der Waals surface area contributed by atoms with E-state index in [-0.39, 0.29) is 9.92 Å². The van der Waals surface area contributed by atoms with Crippen molar-refractivity contribution in [1.29, 1.82) is 0 Å². The summed E-state index contributed by atoms with van der Waals surface area (Å²) in [6, 6.07) is 15.8. The first-order chi connectivity index (χ1) is 12.3. The molecule has 0 fully saturated rings. The minimum absolute atomic E-state index is 0.0269. The largest absolute Gasteiger partial charge is 0.340 e. The number of pyridine rings is 1. The van der Waals surface area contributed by atoms with Crippen molar-refractivity contribution in [1.82, 2.24) is 4.98 Å². The lowest BCUT2D eigenvalue weighted by atomic mass is 10.1. The van der Waals surface area contributed by atoms with E-state index < -0.39 is 10.0 Å².